The second-order valence-corrected chi connectivity index (χ2v) is 7.81. The summed E-state index contributed by atoms with van der Waals surface area (Å²) in [5, 5.41) is 3.65. The van der Waals surface area contributed by atoms with E-state index in [1.807, 2.05) is 0 Å². The van der Waals surface area contributed by atoms with Crippen LogP contribution in [0.1, 0.15) is 5.56 Å². The first-order valence-corrected chi connectivity index (χ1v) is 9.43. The number of aryl methyl sites for hydroxylation is 2. The molecule has 0 saturated carbocycles. The number of alkyl halides is 6. The third kappa shape index (κ3) is 5.92. The molecule has 1 atom stereocenters. The third-order valence-corrected chi connectivity index (χ3v) is 5.74. The molecule has 0 fully saturated rings. The Morgan fingerprint density at radius 2 is 1.78 bits per heavy atom. The molecule has 1 heterocycles. The van der Waals surface area contributed by atoms with E-state index in [0.717, 1.165) is 16.8 Å². The fourth-order valence-corrected chi connectivity index (χ4v) is 3.84. The Morgan fingerprint density at radius 3 is 2.33 bits per heavy atom. The van der Waals surface area contributed by atoms with E-state index in [2.05, 4.69) is 10.1 Å². The van der Waals surface area contributed by atoms with Gasteiger partial charge < -0.3 is 0 Å². The van der Waals surface area contributed by atoms with Crippen molar-refractivity contribution >= 4 is 22.6 Å². The smallest absolute Gasteiger partial charge is 0.254 e. The summed E-state index contributed by atoms with van der Waals surface area (Å²) in [6.07, 6.45) is -9.13. The van der Waals surface area contributed by atoms with Crippen molar-refractivity contribution in [3.05, 3.63) is 23.5 Å². The second kappa shape index (κ2) is 7.78. The van der Waals surface area contributed by atoms with Crippen LogP contribution in [0.2, 0.25) is 0 Å². The molecule has 2 aromatic rings. The molecule has 1 unspecified atom stereocenters. The minimum absolute atomic E-state index is 0.0430. The standard InChI is InChI=1S/C14H12F7N3OS2/c1-7-3-9(15)8(4-10(7)27(25)6-14(19,20)21)11-22-12(24(2)23-11)26-5-13(16,17)18/h3-4H,5-6H2,1-2H3. The summed E-state index contributed by atoms with van der Waals surface area (Å²) in [5.41, 5.74) is -0.304. The van der Waals surface area contributed by atoms with E-state index in [4.69, 9.17) is 0 Å². The van der Waals surface area contributed by atoms with Gasteiger partial charge in [0.1, 0.15) is 11.6 Å². The van der Waals surface area contributed by atoms with Gasteiger partial charge in [0.2, 0.25) is 0 Å². The molecule has 1 aromatic carbocycles. The van der Waals surface area contributed by atoms with Crippen LogP contribution in [-0.4, -0.2) is 42.8 Å². The van der Waals surface area contributed by atoms with Gasteiger partial charge in [-0.2, -0.15) is 31.4 Å². The highest BCUT2D eigenvalue weighted by Gasteiger charge is 2.32. The van der Waals surface area contributed by atoms with Crippen LogP contribution in [0, 0.1) is 12.7 Å². The molecule has 150 valence electrons. The average Bonchev–Trinajstić information content (AvgIpc) is 2.83. The monoisotopic (exact) mass is 435 g/mol. The van der Waals surface area contributed by atoms with Gasteiger partial charge in [-0.05, 0) is 24.6 Å². The highest BCUT2D eigenvalue weighted by molar-refractivity contribution is 7.99. The predicted octanol–water partition coefficient (Wildman–Crippen LogP) is 4.25. The zero-order valence-corrected chi connectivity index (χ0v) is 15.4. The number of benzene rings is 1. The fraction of sp³-hybridized carbons (Fsp3) is 0.429. The van der Waals surface area contributed by atoms with E-state index < -0.39 is 40.5 Å². The molecule has 0 bridgehead atoms. The van der Waals surface area contributed by atoms with Crippen molar-refractivity contribution in [2.45, 2.75) is 29.3 Å². The van der Waals surface area contributed by atoms with Crippen LogP contribution in [0.4, 0.5) is 30.7 Å². The molecule has 0 saturated heterocycles. The summed E-state index contributed by atoms with van der Waals surface area (Å²) >= 11 is 0.330. The number of aromatic nitrogens is 3. The second-order valence-electron chi connectivity index (χ2n) is 5.45. The summed E-state index contributed by atoms with van der Waals surface area (Å²) in [6, 6.07) is 1.82. The first kappa shape index (κ1) is 21.7. The molecule has 2 rings (SSSR count). The van der Waals surface area contributed by atoms with Crippen LogP contribution < -0.4 is 0 Å². The van der Waals surface area contributed by atoms with Gasteiger partial charge in [-0.3, -0.25) is 4.21 Å². The minimum atomic E-state index is -4.68. The minimum Gasteiger partial charge on any atom is -0.254 e. The molecule has 0 aliphatic rings. The van der Waals surface area contributed by atoms with Crippen molar-refractivity contribution in [3.63, 3.8) is 0 Å². The molecule has 0 aliphatic carbocycles. The molecule has 0 amide bonds. The van der Waals surface area contributed by atoms with Gasteiger partial charge in [-0.15, -0.1) is 0 Å². The highest BCUT2D eigenvalue weighted by atomic mass is 32.2. The van der Waals surface area contributed by atoms with Crippen molar-refractivity contribution < 1.29 is 34.9 Å². The van der Waals surface area contributed by atoms with Gasteiger partial charge in [-0.25, -0.2) is 14.1 Å². The van der Waals surface area contributed by atoms with Gasteiger partial charge in [0.05, 0.1) is 22.1 Å². The lowest BCUT2D eigenvalue weighted by Crippen LogP contribution is -2.19. The van der Waals surface area contributed by atoms with E-state index in [9.17, 15) is 34.9 Å². The lowest BCUT2D eigenvalue weighted by Gasteiger charge is -2.10. The molecule has 0 radical (unpaired) electrons. The number of halogens is 7. The van der Waals surface area contributed by atoms with Gasteiger partial charge >= 0.3 is 12.4 Å². The predicted molar refractivity (Wildman–Crippen MR) is 85.2 cm³/mol. The summed E-state index contributed by atoms with van der Waals surface area (Å²) < 4.78 is 102. The molecule has 0 aliphatic heterocycles. The van der Waals surface area contributed by atoms with Crippen LogP contribution in [-0.2, 0) is 17.8 Å². The first-order chi connectivity index (χ1) is 12.3. The normalized spacial score (nSPS) is 13.8. The Balaban J connectivity index is 2.39. The largest absolute Gasteiger partial charge is 0.400 e. The quantitative estimate of drug-likeness (QED) is 0.520. The molecule has 0 spiro atoms. The van der Waals surface area contributed by atoms with E-state index >= 15 is 0 Å². The average molecular weight is 435 g/mol. The molecule has 13 heteroatoms. The number of thioether (sulfide) groups is 1. The zero-order valence-electron chi connectivity index (χ0n) is 13.8. The van der Waals surface area contributed by atoms with Crippen LogP contribution >= 0.6 is 11.8 Å². The van der Waals surface area contributed by atoms with Crippen LogP contribution in [0.25, 0.3) is 11.4 Å². The van der Waals surface area contributed by atoms with Crippen molar-refractivity contribution in [1.29, 1.82) is 0 Å². The molecule has 0 N–H and O–H groups in total. The maximum absolute atomic E-state index is 14.2. The lowest BCUT2D eigenvalue weighted by molar-refractivity contribution is -0.106. The Kier molecular flexibility index (Phi) is 6.24. The van der Waals surface area contributed by atoms with Crippen molar-refractivity contribution in [2.75, 3.05) is 11.5 Å². The van der Waals surface area contributed by atoms with Crippen molar-refractivity contribution in [3.8, 4) is 11.4 Å². The molecular formula is C14H12F7N3OS2. The van der Waals surface area contributed by atoms with Crippen LogP contribution in [0.15, 0.2) is 22.2 Å². The summed E-state index contributed by atoms with van der Waals surface area (Å²) in [5.74, 6) is -4.06. The Morgan fingerprint density at radius 1 is 1.15 bits per heavy atom. The molecule has 1 aromatic heterocycles. The number of hydrogen-bond donors (Lipinski definition) is 0. The van der Waals surface area contributed by atoms with Gasteiger partial charge in [0, 0.05) is 11.9 Å². The summed E-state index contributed by atoms with van der Waals surface area (Å²) in [4.78, 5) is 3.55. The highest BCUT2D eigenvalue weighted by Crippen LogP contribution is 2.31. The van der Waals surface area contributed by atoms with E-state index in [-0.39, 0.29) is 27.0 Å². The number of rotatable bonds is 5. The van der Waals surface area contributed by atoms with Crippen LogP contribution in [0.5, 0.6) is 0 Å². The molecular weight excluding hydrogens is 423 g/mol. The van der Waals surface area contributed by atoms with Crippen molar-refractivity contribution in [1.82, 2.24) is 14.8 Å². The van der Waals surface area contributed by atoms with E-state index in [1.165, 1.54) is 14.0 Å². The summed E-state index contributed by atoms with van der Waals surface area (Å²) in [7, 11) is -1.18. The van der Waals surface area contributed by atoms with E-state index in [1.54, 1.807) is 0 Å². The molecule has 4 nitrogen and oxygen atoms in total. The maximum Gasteiger partial charge on any atom is 0.400 e. The SMILES string of the molecule is Cc1cc(F)c(-c2nc(SCC(F)(F)F)n(C)n2)cc1S(=O)CC(F)(F)F. The van der Waals surface area contributed by atoms with Crippen molar-refractivity contribution in [2.24, 2.45) is 7.05 Å². The maximum atomic E-state index is 14.2. The Hall–Kier alpha value is -1.63. The summed E-state index contributed by atoms with van der Waals surface area (Å²) in [6.45, 7) is 1.30. The Bertz CT molecular complexity index is 862. The number of nitrogens with zero attached hydrogens (tertiary/aromatic N) is 3. The lowest BCUT2D eigenvalue weighted by atomic mass is 10.1. The first-order valence-electron chi connectivity index (χ1n) is 7.13. The fourth-order valence-electron chi connectivity index (χ4n) is 2.05. The van der Waals surface area contributed by atoms with E-state index in [0.29, 0.717) is 11.8 Å². The topological polar surface area (TPSA) is 47.8 Å². The third-order valence-electron chi connectivity index (χ3n) is 3.13. The van der Waals surface area contributed by atoms with Gasteiger partial charge in [0.15, 0.2) is 11.0 Å². The van der Waals surface area contributed by atoms with Crippen LogP contribution in [0.3, 0.4) is 0 Å². The number of hydrogen-bond acceptors (Lipinski definition) is 4. The zero-order chi connectivity index (χ0) is 20.6. The molecule has 27 heavy (non-hydrogen) atoms. The van der Waals surface area contributed by atoms with Gasteiger partial charge in [0.25, 0.3) is 0 Å². The van der Waals surface area contributed by atoms with Gasteiger partial charge in [-0.1, -0.05) is 11.8 Å². The Labute approximate surface area is 155 Å².